The van der Waals surface area contributed by atoms with E-state index in [9.17, 15) is 4.79 Å². The second kappa shape index (κ2) is 7.24. The molecule has 1 fully saturated rings. The van der Waals surface area contributed by atoms with E-state index < -0.39 is 5.97 Å². The van der Waals surface area contributed by atoms with Crippen molar-refractivity contribution in [3.63, 3.8) is 0 Å². The summed E-state index contributed by atoms with van der Waals surface area (Å²) in [6, 6.07) is 10.5. The lowest BCUT2D eigenvalue weighted by Crippen LogP contribution is -2.41. The lowest BCUT2D eigenvalue weighted by molar-refractivity contribution is -0.137. The van der Waals surface area contributed by atoms with Gasteiger partial charge in [0.2, 0.25) is 0 Å². The predicted octanol–water partition coefficient (Wildman–Crippen LogP) is 3.34. The first-order valence-electron chi connectivity index (χ1n) is 7.59. The Hall–Kier alpha value is -1.86. The number of benzene rings is 1. The number of carbonyl (C=O) groups is 1. The SMILES string of the molecule is CC(c1ccc(C#N)cc1)N1CCCCC1CCC(=O)O. The molecule has 0 aliphatic carbocycles. The molecule has 1 heterocycles. The van der Waals surface area contributed by atoms with Gasteiger partial charge in [0.05, 0.1) is 11.6 Å². The van der Waals surface area contributed by atoms with Crippen LogP contribution in [0.15, 0.2) is 24.3 Å². The van der Waals surface area contributed by atoms with E-state index in [0.29, 0.717) is 11.6 Å². The summed E-state index contributed by atoms with van der Waals surface area (Å²) in [6.07, 6.45) is 4.39. The van der Waals surface area contributed by atoms with Crippen LogP contribution in [-0.2, 0) is 4.79 Å². The molecule has 112 valence electrons. The molecule has 0 spiro atoms. The van der Waals surface area contributed by atoms with Crippen LogP contribution in [0.3, 0.4) is 0 Å². The van der Waals surface area contributed by atoms with Crippen LogP contribution in [0.1, 0.15) is 56.2 Å². The molecule has 1 aromatic rings. The number of nitrogens with zero attached hydrogens (tertiary/aromatic N) is 2. The van der Waals surface area contributed by atoms with E-state index >= 15 is 0 Å². The van der Waals surface area contributed by atoms with Crippen molar-refractivity contribution in [1.29, 1.82) is 5.26 Å². The standard InChI is InChI=1S/C17H22N2O2/c1-13(15-7-5-14(12-18)6-8-15)19-11-3-2-4-16(19)9-10-17(20)21/h5-8,13,16H,2-4,9-11H2,1H3,(H,20,21). The van der Waals surface area contributed by atoms with Crippen molar-refractivity contribution in [3.05, 3.63) is 35.4 Å². The summed E-state index contributed by atoms with van der Waals surface area (Å²) in [5.41, 5.74) is 1.86. The largest absolute Gasteiger partial charge is 0.481 e. The fourth-order valence-corrected chi connectivity index (χ4v) is 3.16. The van der Waals surface area contributed by atoms with Gasteiger partial charge in [-0.1, -0.05) is 18.6 Å². The molecule has 2 unspecified atom stereocenters. The van der Waals surface area contributed by atoms with Gasteiger partial charge in [-0.25, -0.2) is 0 Å². The number of hydrogen-bond donors (Lipinski definition) is 1. The van der Waals surface area contributed by atoms with Gasteiger partial charge in [0.1, 0.15) is 0 Å². The number of nitriles is 1. The van der Waals surface area contributed by atoms with E-state index in [0.717, 1.165) is 19.4 Å². The Morgan fingerprint density at radius 3 is 2.76 bits per heavy atom. The molecule has 2 rings (SSSR count). The molecule has 4 heteroatoms. The first kappa shape index (κ1) is 15.5. The normalized spacial score (nSPS) is 20.7. The average molecular weight is 286 g/mol. The molecule has 1 aliphatic rings. The van der Waals surface area contributed by atoms with E-state index in [4.69, 9.17) is 10.4 Å². The maximum absolute atomic E-state index is 10.8. The van der Waals surface area contributed by atoms with Gasteiger partial charge >= 0.3 is 5.97 Å². The second-order valence-corrected chi connectivity index (χ2v) is 5.73. The molecule has 0 amide bonds. The van der Waals surface area contributed by atoms with Crippen LogP contribution in [0.2, 0.25) is 0 Å². The summed E-state index contributed by atoms with van der Waals surface area (Å²) in [5, 5.41) is 17.8. The minimum absolute atomic E-state index is 0.237. The highest BCUT2D eigenvalue weighted by Crippen LogP contribution is 2.30. The molecule has 1 aliphatic heterocycles. The summed E-state index contributed by atoms with van der Waals surface area (Å²) in [5.74, 6) is -0.716. The van der Waals surface area contributed by atoms with Crippen molar-refractivity contribution in [2.24, 2.45) is 0 Å². The van der Waals surface area contributed by atoms with Gasteiger partial charge < -0.3 is 5.11 Å². The molecule has 0 bridgehead atoms. The third-order valence-corrected chi connectivity index (χ3v) is 4.38. The molecule has 0 saturated carbocycles. The zero-order valence-electron chi connectivity index (χ0n) is 12.5. The Morgan fingerprint density at radius 2 is 2.14 bits per heavy atom. The summed E-state index contributed by atoms with van der Waals surface area (Å²) in [4.78, 5) is 13.2. The van der Waals surface area contributed by atoms with Crippen LogP contribution in [-0.4, -0.2) is 28.6 Å². The highest BCUT2D eigenvalue weighted by atomic mass is 16.4. The Balaban J connectivity index is 2.08. The number of carboxylic acids is 1. The molecule has 1 saturated heterocycles. The summed E-state index contributed by atoms with van der Waals surface area (Å²) in [6.45, 7) is 3.19. The van der Waals surface area contributed by atoms with Crippen LogP contribution < -0.4 is 0 Å². The van der Waals surface area contributed by atoms with Crippen molar-refractivity contribution in [2.75, 3.05) is 6.54 Å². The van der Waals surface area contributed by atoms with Gasteiger partial charge in [0.15, 0.2) is 0 Å². The van der Waals surface area contributed by atoms with E-state index in [1.54, 1.807) is 0 Å². The predicted molar refractivity (Wildman–Crippen MR) is 80.8 cm³/mol. The number of carboxylic acid groups (broad SMARTS) is 1. The highest BCUT2D eigenvalue weighted by molar-refractivity contribution is 5.66. The molecule has 2 atom stereocenters. The Labute approximate surface area is 126 Å². The molecule has 0 aromatic heterocycles. The Bertz CT molecular complexity index is 519. The van der Waals surface area contributed by atoms with Gasteiger partial charge in [0.25, 0.3) is 0 Å². The maximum Gasteiger partial charge on any atom is 0.303 e. The van der Waals surface area contributed by atoms with Crippen LogP contribution >= 0.6 is 0 Å². The first-order chi connectivity index (χ1) is 10.1. The van der Waals surface area contributed by atoms with Gasteiger partial charge in [-0.15, -0.1) is 0 Å². The fourth-order valence-electron chi connectivity index (χ4n) is 3.16. The number of aliphatic carboxylic acids is 1. The van der Waals surface area contributed by atoms with E-state index in [2.05, 4.69) is 17.9 Å². The minimum atomic E-state index is -0.716. The number of rotatable bonds is 5. The maximum atomic E-state index is 10.8. The van der Waals surface area contributed by atoms with E-state index in [1.165, 1.54) is 18.4 Å². The Kier molecular flexibility index (Phi) is 5.35. The van der Waals surface area contributed by atoms with Gasteiger partial charge in [0, 0.05) is 18.5 Å². The molecule has 21 heavy (non-hydrogen) atoms. The van der Waals surface area contributed by atoms with Crippen LogP contribution in [0.25, 0.3) is 0 Å². The van der Waals surface area contributed by atoms with Crippen LogP contribution in [0, 0.1) is 11.3 Å². The van der Waals surface area contributed by atoms with E-state index in [1.807, 2.05) is 24.3 Å². The topological polar surface area (TPSA) is 64.3 Å². The van der Waals surface area contributed by atoms with Gasteiger partial charge in [-0.05, 0) is 50.4 Å². The molecule has 4 nitrogen and oxygen atoms in total. The van der Waals surface area contributed by atoms with Crippen molar-refractivity contribution in [2.45, 2.75) is 51.1 Å². The summed E-state index contributed by atoms with van der Waals surface area (Å²) in [7, 11) is 0. The zero-order chi connectivity index (χ0) is 15.2. The third kappa shape index (κ3) is 4.05. The summed E-state index contributed by atoms with van der Waals surface area (Å²) >= 11 is 0. The van der Waals surface area contributed by atoms with Gasteiger partial charge in [-0.3, -0.25) is 9.69 Å². The van der Waals surface area contributed by atoms with Gasteiger partial charge in [-0.2, -0.15) is 5.26 Å². The molecule has 1 aromatic carbocycles. The van der Waals surface area contributed by atoms with Crippen molar-refractivity contribution < 1.29 is 9.90 Å². The quantitative estimate of drug-likeness (QED) is 0.901. The minimum Gasteiger partial charge on any atom is -0.481 e. The lowest BCUT2D eigenvalue weighted by atomic mass is 9.94. The second-order valence-electron chi connectivity index (χ2n) is 5.73. The number of likely N-dealkylation sites (tertiary alicyclic amines) is 1. The van der Waals surface area contributed by atoms with Crippen molar-refractivity contribution in [1.82, 2.24) is 4.90 Å². The fraction of sp³-hybridized carbons (Fsp3) is 0.529. The highest BCUT2D eigenvalue weighted by Gasteiger charge is 2.27. The average Bonchev–Trinajstić information content (AvgIpc) is 2.52. The number of hydrogen-bond acceptors (Lipinski definition) is 3. The molecule has 1 N–H and O–H groups in total. The molecule has 0 radical (unpaired) electrons. The van der Waals surface area contributed by atoms with Crippen molar-refractivity contribution >= 4 is 5.97 Å². The first-order valence-corrected chi connectivity index (χ1v) is 7.59. The summed E-state index contributed by atoms with van der Waals surface area (Å²) < 4.78 is 0. The molecular formula is C17H22N2O2. The molecular weight excluding hydrogens is 264 g/mol. The smallest absolute Gasteiger partial charge is 0.303 e. The third-order valence-electron chi connectivity index (χ3n) is 4.38. The Morgan fingerprint density at radius 1 is 1.43 bits per heavy atom. The van der Waals surface area contributed by atoms with E-state index in [-0.39, 0.29) is 12.5 Å². The monoisotopic (exact) mass is 286 g/mol. The van der Waals surface area contributed by atoms with Crippen molar-refractivity contribution in [3.8, 4) is 6.07 Å². The lowest BCUT2D eigenvalue weighted by Gasteiger charge is -2.40. The number of piperidine rings is 1. The zero-order valence-corrected chi connectivity index (χ0v) is 12.5. The van der Waals surface area contributed by atoms with Crippen LogP contribution in [0.4, 0.5) is 0 Å². The van der Waals surface area contributed by atoms with Crippen LogP contribution in [0.5, 0.6) is 0 Å².